The van der Waals surface area contributed by atoms with E-state index < -0.39 is 0 Å². The van der Waals surface area contributed by atoms with Gasteiger partial charge in [-0.25, -0.2) is 9.67 Å². The van der Waals surface area contributed by atoms with Crippen LogP contribution in [0.5, 0.6) is 11.8 Å². The molecule has 0 aliphatic carbocycles. The summed E-state index contributed by atoms with van der Waals surface area (Å²) in [4.78, 5) is 13.5. The van der Waals surface area contributed by atoms with Gasteiger partial charge in [0.1, 0.15) is 5.69 Å². The molecule has 7 heteroatoms. The SMILES string of the molecule is Cc1ccc(-c2ccc(CCN)cn2)c(Oc2cc(-c3ccccn3)nn2C)n1. The van der Waals surface area contributed by atoms with Crippen LogP contribution in [0.25, 0.3) is 22.6 Å². The molecule has 4 heterocycles. The largest absolute Gasteiger partial charge is 0.420 e. The molecule has 0 atom stereocenters. The van der Waals surface area contributed by atoms with Gasteiger partial charge in [-0.3, -0.25) is 9.97 Å². The van der Waals surface area contributed by atoms with Gasteiger partial charge in [0.15, 0.2) is 0 Å². The van der Waals surface area contributed by atoms with Gasteiger partial charge >= 0.3 is 0 Å². The number of hydrogen-bond donors (Lipinski definition) is 1. The van der Waals surface area contributed by atoms with Gasteiger partial charge in [0, 0.05) is 31.2 Å². The lowest BCUT2D eigenvalue weighted by Crippen LogP contribution is -2.03. The molecule has 0 saturated heterocycles. The third-order valence-corrected chi connectivity index (χ3v) is 4.50. The fourth-order valence-corrected chi connectivity index (χ4v) is 2.99. The lowest BCUT2D eigenvalue weighted by molar-refractivity contribution is 0.416. The predicted octanol–water partition coefficient (Wildman–Crippen LogP) is 3.54. The van der Waals surface area contributed by atoms with Crippen molar-refractivity contribution >= 4 is 0 Å². The minimum absolute atomic E-state index is 0.486. The summed E-state index contributed by atoms with van der Waals surface area (Å²) >= 11 is 0. The van der Waals surface area contributed by atoms with E-state index in [1.54, 1.807) is 10.9 Å². The zero-order valence-electron chi connectivity index (χ0n) is 16.4. The fraction of sp³-hybridized carbons (Fsp3) is 0.182. The number of hydrogen-bond acceptors (Lipinski definition) is 6. The van der Waals surface area contributed by atoms with Crippen LogP contribution in [0.3, 0.4) is 0 Å². The van der Waals surface area contributed by atoms with E-state index in [0.717, 1.165) is 40.3 Å². The Labute approximate surface area is 169 Å². The van der Waals surface area contributed by atoms with Crippen LogP contribution in [0.15, 0.2) is 60.9 Å². The highest BCUT2D eigenvalue weighted by Gasteiger charge is 2.15. The van der Waals surface area contributed by atoms with Crippen LogP contribution < -0.4 is 10.5 Å². The molecule has 0 spiro atoms. The summed E-state index contributed by atoms with van der Waals surface area (Å²) in [7, 11) is 1.83. The molecule has 0 aliphatic rings. The van der Waals surface area contributed by atoms with Crippen LogP contribution in [0.4, 0.5) is 0 Å². The first-order valence-electron chi connectivity index (χ1n) is 9.40. The van der Waals surface area contributed by atoms with Crippen LogP contribution >= 0.6 is 0 Å². The Kier molecular flexibility index (Phi) is 5.31. The molecule has 4 aromatic heterocycles. The van der Waals surface area contributed by atoms with Gasteiger partial charge in [0.25, 0.3) is 0 Å². The molecule has 0 saturated carbocycles. The van der Waals surface area contributed by atoms with Crippen molar-refractivity contribution in [3.05, 3.63) is 72.2 Å². The van der Waals surface area contributed by atoms with E-state index in [1.807, 2.05) is 68.7 Å². The van der Waals surface area contributed by atoms with Crippen LogP contribution in [-0.2, 0) is 13.5 Å². The summed E-state index contributed by atoms with van der Waals surface area (Å²) in [6.45, 7) is 2.53. The molecule has 0 radical (unpaired) electrons. The van der Waals surface area contributed by atoms with Crippen molar-refractivity contribution in [2.45, 2.75) is 13.3 Å². The minimum Gasteiger partial charge on any atom is -0.420 e. The summed E-state index contributed by atoms with van der Waals surface area (Å²) in [6, 6.07) is 15.5. The normalized spacial score (nSPS) is 10.9. The number of pyridine rings is 3. The Hall–Kier alpha value is -3.58. The summed E-state index contributed by atoms with van der Waals surface area (Å²) in [6.07, 6.45) is 4.38. The third-order valence-electron chi connectivity index (χ3n) is 4.50. The Morgan fingerprint density at radius 1 is 1.00 bits per heavy atom. The van der Waals surface area contributed by atoms with Crippen molar-refractivity contribution in [1.82, 2.24) is 24.7 Å². The smallest absolute Gasteiger partial charge is 0.230 e. The van der Waals surface area contributed by atoms with E-state index in [2.05, 4.69) is 20.1 Å². The first kappa shape index (κ1) is 18.8. The van der Waals surface area contributed by atoms with Crippen molar-refractivity contribution in [1.29, 1.82) is 0 Å². The van der Waals surface area contributed by atoms with Gasteiger partial charge in [-0.1, -0.05) is 12.1 Å². The molecule has 0 aliphatic heterocycles. The molecular formula is C22H22N6O. The monoisotopic (exact) mass is 386 g/mol. The molecule has 4 rings (SSSR count). The first-order valence-corrected chi connectivity index (χ1v) is 9.40. The average molecular weight is 386 g/mol. The van der Waals surface area contributed by atoms with Crippen molar-refractivity contribution < 1.29 is 4.74 Å². The Morgan fingerprint density at radius 2 is 1.90 bits per heavy atom. The van der Waals surface area contributed by atoms with Crippen molar-refractivity contribution in [2.75, 3.05) is 6.54 Å². The number of ether oxygens (including phenoxy) is 1. The van der Waals surface area contributed by atoms with Crippen LogP contribution in [-0.4, -0.2) is 31.3 Å². The maximum atomic E-state index is 6.16. The molecule has 0 aromatic carbocycles. The maximum Gasteiger partial charge on any atom is 0.230 e. The number of nitrogens with two attached hydrogens (primary N) is 1. The van der Waals surface area contributed by atoms with Crippen molar-refractivity contribution in [2.24, 2.45) is 12.8 Å². The van der Waals surface area contributed by atoms with Gasteiger partial charge in [-0.2, -0.15) is 5.10 Å². The highest BCUT2D eigenvalue weighted by molar-refractivity contribution is 5.66. The molecule has 7 nitrogen and oxygen atoms in total. The fourth-order valence-electron chi connectivity index (χ4n) is 2.99. The maximum absolute atomic E-state index is 6.16. The number of aryl methyl sites for hydroxylation is 2. The zero-order valence-corrected chi connectivity index (χ0v) is 16.4. The molecule has 2 N–H and O–H groups in total. The number of aromatic nitrogens is 5. The summed E-state index contributed by atoms with van der Waals surface area (Å²) in [5.74, 6) is 1.06. The minimum atomic E-state index is 0.486. The number of nitrogens with zero attached hydrogens (tertiary/aromatic N) is 5. The average Bonchev–Trinajstić information content (AvgIpc) is 3.10. The predicted molar refractivity (Wildman–Crippen MR) is 111 cm³/mol. The summed E-state index contributed by atoms with van der Waals surface area (Å²) in [5, 5.41) is 4.51. The van der Waals surface area contributed by atoms with E-state index in [1.165, 1.54) is 0 Å². The van der Waals surface area contributed by atoms with Gasteiger partial charge in [-0.15, -0.1) is 0 Å². The second-order valence-corrected chi connectivity index (χ2v) is 6.70. The lowest BCUT2D eigenvalue weighted by atomic mass is 10.1. The first-order chi connectivity index (χ1) is 14.1. The van der Waals surface area contributed by atoms with Crippen molar-refractivity contribution in [3.63, 3.8) is 0 Å². The zero-order chi connectivity index (χ0) is 20.2. The Morgan fingerprint density at radius 3 is 2.62 bits per heavy atom. The quantitative estimate of drug-likeness (QED) is 0.545. The molecule has 0 amide bonds. The van der Waals surface area contributed by atoms with Crippen LogP contribution in [0, 0.1) is 6.92 Å². The Balaban J connectivity index is 1.67. The second kappa shape index (κ2) is 8.20. The summed E-state index contributed by atoms with van der Waals surface area (Å²) < 4.78 is 7.83. The van der Waals surface area contributed by atoms with Gasteiger partial charge in [0.2, 0.25) is 11.8 Å². The molecule has 29 heavy (non-hydrogen) atoms. The molecule has 146 valence electrons. The highest BCUT2D eigenvalue weighted by atomic mass is 16.5. The lowest BCUT2D eigenvalue weighted by Gasteiger charge is -2.11. The van der Waals surface area contributed by atoms with E-state index in [4.69, 9.17) is 10.5 Å². The van der Waals surface area contributed by atoms with E-state index in [-0.39, 0.29) is 0 Å². The van der Waals surface area contributed by atoms with E-state index >= 15 is 0 Å². The topological polar surface area (TPSA) is 91.7 Å². The van der Waals surface area contributed by atoms with Gasteiger partial charge in [0.05, 0.1) is 17.0 Å². The van der Waals surface area contributed by atoms with E-state index in [0.29, 0.717) is 18.3 Å². The van der Waals surface area contributed by atoms with Gasteiger partial charge in [-0.05, 0) is 55.8 Å². The number of rotatable bonds is 6. The molecule has 0 bridgehead atoms. The molecule has 0 fully saturated rings. The van der Waals surface area contributed by atoms with Gasteiger partial charge < -0.3 is 10.5 Å². The van der Waals surface area contributed by atoms with Crippen LogP contribution in [0.2, 0.25) is 0 Å². The highest BCUT2D eigenvalue weighted by Crippen LogP contribution is 2.32. The Bertz CT molecular complexity index is 1110. The molecular weight excluding hydrogens is 364 g/mol. The van der Waals surface area contributed by atoms with Crippen LogP contribution in [0.1, 0.15) is 11.3 Å². The van der Waals surface area contributed by atoms with Crippen molar-refractivity contribution in [3.8, 4) is 34.4 Å². The summed E-state index contributed by atoms with van der Waals surface area (Å²) in [5.41, 5.74) is 10.7. The molecule has 4 aromatic rings. The standard InChI is InChI=1S/C22H22N6O/c1-15-6-8-17(18-9-7-16(10-11-23)14-25-18)22(26-15)29-21-13-20(27-28(21)2)19-5-3-4-12-24-19/h3-9,12-14H,10-11,23H2,1-2H3. The third kappa shape index (κ3) is 4.14. The van der Waals surface area contributed by atoms with E-state index in [9.17, 15) is 0 Å². The molecule has 0 unspecified atom stereocenters. The second-order valence-electron chi connectivity index (χ2n) is 6.70.